The van der Waals surface area contributed by atoms with Gasteiger partial charge in [-0.15, -0.1) is 0 Å². The van der Waals surface area contributed by atoms with Crippen LogP contribution in [-0.2, 0) is 22.0 Å². The van der Waals surface area contributed by atoms with E-state index in [9.17, 15) is 0 Å². The number of hydrogen-bond acceptors (Lipinski definition) is 0. The van der Waals surface area contributed by atoms with E-state index in [0.29, 0.717) is 5.92 Å². The molecule has 2 atom stereocenters. The zero-order chi connectivity index (χ0) is 29.8. The van der Waals surface area contributed by atoms with Gasteiger partial charge in [0.1, 0.15) is 0 Å². The van der Waals surface area contributed by atoms with Crippen LogP contribution in [0, 0.1) is 5.92 Å². The molecule has 4 aromatic rings. The molecule has 0 bridgehead atoms. The topological polar surface area (TPSA) is 0 Å². The van der Waals surface area contributed by atoms with Gasteiger partial charge in [0.15, 0.2) is 0 Å². The Kier molecular flexibility index (Phi) is 8.02. The van der Waals surface area contributed by atoms with E-state index in [2.05, 4.69) is 144 Å². The van der Waals surface area contributed by atoms with Crippen molar-refractivity contribution < 1.29 is 15.6 Å². The molecular weight excluding hydrogens is 647 g/mol. The molecule has 0 saturated heterocycles. The molecule has 0 heterocycles. The van der Waals surface area contributed by atoms with Crippen LogP contribution in [0.5, 0.6) is 0 Å². The minimum atomic E-state index is -4.79. The summed E-state index contributed by atoms with van der Waals surface area (Å²) in [5, 5.41) is 0. The van der Waals surface area contributed by atoms with Crippen molar-refractivity contribution in [3.8, 4) is 22.3 Å². The van der Waals surface area contributed by atoms with Crippen LogP contribution in [0.2, 0.25) is 13.1 Å². The van der Waals surface area contributed by atoms with Crippen LogP contribution in [0.1, 0.15) is 62.8 Å². The molecule has 0 fully saturated rings. The summed E-state index contributed by atoms with van der Waals surface area (Å²) in [5.41, 5.74) is 14.7. The van der Waals surface area contributed by atoms with Gasteiger partial charge in [-0.05, 0) is 0 Å². The summed E-state index contributed by atoms with van der Waals surface area (Å²) in [5.74, 6) is -1.25. The van der Waals surface area contributed by atoms with E-state index in [0.717, 1.165) is 6.42 Å². The fraction of sp³-hybridized carbons (Fsp3) is 0.263. The molecule has 215 valence electrons. The fourth-order valence-corrected chi connectivity index (χ4v) is 40.0. The molecule has 2 unspecified atom stereocenters. The van der Waals surface area contributed by atoms with E-state index < -0.39 is 21.5 Å². The number of halogens is 2. The van der Waals surface area contributed by atoms with Crippen molar-refractivity contribution in [2.24, 2.45) is 5.92 Å². The fourth-order valence-electron chi connectivity index (χ4n) is 7.85. The van der Waals surface area contributed by atoms with E-state index in [-0.39, 0.29) is 7.25 Å². The van der Waals surface area contributed by atoms with E-state index in [1.807, 2.05) is 0 Å². The van der Waals surface area contributed by atoms with Crippen LogP contribution in [0.25, 0.3) is 34.4 Å². The standard InChI is InChI=1S/2C18H17.C2H7Si.2ClH.Zr/c1-13(2)16-11-15-9-6-10-17(18(15)12-16)14-7-4-3-5-8-14;1-3-14-9-10-16(15-7-5-4-6-8-15)18-12-13(2)11-17(14)18;1-3-2;;;/h3-13H,1-2H3;4-12H,3H2,1-2H3;3H,1-2H3;2*1H;/q;;;;;+2/p-2. The molecule has 6 rings (SSSR count). The van der Waals surface area contributed by atoms with E-state index in [4.69, 9.17) is 17.0 Å². The maximum absolute atomic E-state index is 8.61. The first-order chi connectivity index (χ1) is 20.1. The first kappa shape index (κ1) is 30.1. The Morgan fingerprint density at radius 3 is 1.86 bits per heavy atom. The summed E-state index contributed by atoms with van der Waals surface area (Å²) in [6.45, 7) is 14.1. The Hall–Kier alpha value is -1.96. The zero-order valence-corrected chi connectivity index (χ0v) is 30.7. The van der Waals surface area contributed by atoms with E-state index >= 15 is 0 Å². The van der Waals surface area contributed by atoms with E-state index in [1.54, 1.807) is 0 Å². The maximum atomic E-state index is 8.61. The van der Waals surface area contributed by atoms with Crippen LogP contribution < -0.4 is 0 Å². The molecule has 2 aliphatic carbocycles. The number of hydrogen-bond donors (Lipinski definition) is 0. The Bertz CT molecular complexity index is 1720. The summed E-state index contributed by atoms with van der Waals surface area (Å²) < 4.78 is 0.207. The summed E-state index contributed by atoms with van der Waals surface area (Å²) in [7, 11) is 17.2. The molecule has 2 aliphatic rings. The summed E-state index contributed by atoms with van der Waals surface area (Å²) in [6.07, 6.45) is 5.88. The van der Waals surface area contributed by atoms with Crippen molar-refractivity contribution in [2.75, 3.05) is 0 Å². The Balaban J connectivity index is 1.63. The molecular formula is C38H41Cl2SiZr. The van der Waals surface area contributed by atoms with Crippen LogP contribution in [-0.4, -0.2) is 5.92 Å². The molecule has 4 heteroatoms. The normalized spacial score (nSPS) is 18.9. The molecule has 42 heavy (non-hydrogen) atoms. The molecule has 0 saturated carbocycles. The minimum absolute atomic E-state index is 0.101. The van der Waals surface area contributed by atoms with Gasteiger partial charge in [0.05, 0.1) is 0 Å². The van der Waals surface area contributed by atoms with Gasteiger partial charge in [-0.25, -0.2) is 0 Å². The zero-order valence-electron chi connectivity index (χ0n) is 25.6. The quantitative estimate of drug-likeness (QED) is 0.170. The third kappa shape index (κ3) is 4.56. The Morgan fingerprint density at radius 2 is 1.31 bits per heavy atom. The predicted octanol–water partition coefficient (Wildman–Crippen LogP) is 11.8. The van der Waals surface area contributed by atoms with Gasteiger partial charge < -0.3 is 0 Å². The van der Waals surface area contributed by atoms with Crippen LogP contribution in [0.4, 0.5) is 0 Å². The average molecular weight is 688 g/mol. The van der Waals surface area contributed by atoms with Crippen LogP contribution >= 0.6 is 17.0 Å². The van der Waals surface area contributed by atoms with Crippen molar-refractivity contribution in [1.82, 2.24) is 0 Å². The first-order valence-corrected chi connectivity index (χ1v) is 31.8. The van der Waals surface area contributed by atoms with Gasteiger partial charge in [0.2, 0.25) is 0 Å². The number of allylic oxidation sites excluding steroid dienone is 2. The number of fused-ring (bicyclic) bond motifs is 2. The van der Waals surface area contributed by atoms with Crippen molar-refractivity contribution >= 4 is 35.1 Å². The van der Waals surface area contributed by atoms with Crippen molar-refractivity contribution in [2.45, 2.75) is 54.5 Å². The van der Waals surface area contributed by atoms with Gasteiger partial charge in [-0.1, -0.05) is 0 Å². The monoisotopic (exact) mass is 685 g/mol. The van der Waals surface area contributed by atoms with Gasteiger partial charge in [-0.2, -0.15) is 0 Å². The second-order valence-electron chi connectivity index (χ2n) is 12.9. The molecule has 0 spiro atoms. The van der Waals surface area contributed by atoms with Gasteiger partial charge >= 0.3 is 263 Å². The molecule has 0 amide bonds. The second-order valence-corrected chi connectivity index (χ2v) is 55.4. The Morgan fingerprint density at radius 1 is 0.714 bits per heavy atom. The number of aryl methyl sites for hydroxylation is 1. The molecule has 0 aliphatic heterocycles. The SMILES string of the molecule is CCc1ccc(-c2ccccc2)c2c1[CH]([Zr]([Cl])([Cl])([CH]1C(C(C)C)=Cc3c(-c4ccccc4)cccc31)[SiH](C)C)C(C)=C2. The molecule has 0 radical (unpaired) electrons. The molecule has 0 nitrogen and oxygen atoms in total. The van der Waals surface area contributed by atoms with Gasteiger partial charge in [-0.3, -0.25) is 0 Å². The van der Waals surface area contributed by atoms with Crippen LogP contribution in [0.3, 0.4) is 0 Å². The molecule has 0 N–H and O–H groups in total. The van der Waals surface area contributed by atoms with Crippen molar-refractivity contribution in [1.29, 1.82) is 0 Å². The summed E-state index contributed by atoms with van der Waals surface area (Å²) >= 11 is -4.79. The van der Waals surface area contributed by atoms with Crippen molar-refractivity contribution in [3.63, 3.8) is 0 Å². The van der Waals surface area contributed by atoms with Crippen molar-refractivity contribution in [3.05, 3.63) is 130 Å². The molecule has 4 aromatic carbocycles. The third-order valence-corrected chi connectivity index (χ3v) is 61.9. The Labute approximate surface area is 261 Å². The second kappa shape index (κ2) is 11.2. The van der Waals surface area contributed by atoms with Crippen LogP contribution in [0.15, 0.2) is 102 Å². The number of benzene rings is 4. The van der Waals surface area contributed by atoms with Gasteiger partial charge in [0.25, 0.3) is 0 Å². The summed E-state index contributed by atoms with van der Waals surface area (Å²) in [4.78, 5) is 0. The van der Waals surface area contributed by atoms with E-state index in [1.165, 1.54) is 61.2 Å². The third-order valence-electron chi connectivity index (χ3n) is 10.0. The molecule has 0 aromatic heterocycles. The average Bonchev–Trinajstić information content (AvgIpc) is 3.57. The number of rotatable bonds is 7. The predicted molar refractivity (Wildman–Crippen MR) is 186 cm³/mol. The van der Waals surface area contributed by atoms with Gasteiger partial charge in [0, 0.05) is 0 Å². The first-order valence-electron chi connectivity index (χ1n) is 15.4. The summed E-state index contributed by atoms with van der Waals surface area (Å²) in [6, 6.07) is 33.1.